The lowest BCUT2D eigenvalue weighted by molar-refractivity contribution is -0.123. The first-order valence-electron chi connectivity index (χ1n) is 7.33. The van der Waals surface area contributed by atoms with Crippen LogP contribution in [0.5, 0.6) is 5.75 Å². The lowest BCUT2D eigenvalue weighted by atomic mass is 10.1. The van der Waals surface area contributed by atoms with Gasteiger partial charge in [-0.3, -0.25) is 9.59 Å². The Balaban J connectivity index is 1.71. The zero-order valence-electron chi connectivity index (χ0n) is 12.3. The van der Waals surface area contributed by atoms with Crippen molar-refractivity contribution in [3.05, 3.63) is 29.8 Å². The highest BCUT2D eigenvalue weighted by Crippen LogP contribution is 2.13. The van der Waals surface area contributed by atoms with Gasteiger partial charge in [0.2, 0.25) is 0 Å². The maximum absolute atomic E-state index is 11.6. The highest BCUT2D eigenvalue weighted by Gasteiger charge is 2.16. The SMILES string of the molecule is CCC(=O)c1ccc(OCC(=O)NCC2CCCO2)cc1. The number of benzene rings is 1. The molecule has 0 aliphatic carbocycles. The number of Topliss-reactive ketones (excluding diaryl/α,β-unsaturated/α-hetero) is 1. The van der Waals surface area contributed by atoms with Crippen LogP contribution in [-0.4, -0.2) is 37.6 Å². The summed E-state index contributed by atoms with van der Waals surface area (Å²) in [6.07, 6.45) is 2.66. The monoisotopic (exact) mass is 291 g/mol. The minimum absolute atomic E-state index is 0.0339. The molecule has 0 radical (unpaired) electrons. The van der Waals surface area contributed by atoms with Crippen molar-refractivity contribution in [2.75, 3.05) is 19.8 Å². The number of carbonyl (C=O) groups is 2. The summed E-state index contributed by atoms with van der Waals surface area (Å²) < 4.78 is 10.8. The molecule has 1 atom stereocenters. The second kappa shape index (κ2) is 7.78. The van der Waals surface area contributed by atoms with E-state index in [1.54, 1.807) is 24.3 Å². The zero-order chi connectivity index (χ0) is 15.1. The maximum atomic E-state index is 11.6. The summed E-state index contributed by atoms with van der Waals surface area (Å²) in [6, 6.07) is 6.84. The van der Waals surface area contributed by atoms with Crippen molar-refractivity contribution >= 4 is 11.7 Å². The topological polar surface area (TPSA) is 64.6 Å². The Kier molecular flexibility index (Phi) is 5.75. The Morgan fingerprint density at radius 2 is 2.10 bits per heavy atom. The Bertz CT molecular complexity index is 478. The van der Waals surface area contributed by atoms with Crippen molar-refractivity contribution < 1.29 is 19.1 Å². The van der Waals surface area contributed by atoms with Gasteiger partial charge in [0.1, 0.15) is 5.75 Å². The van der Waals surface area contributed by atoms with E-state index in [2.05, 4.69) is 5.32 Å². The zero-order valence-corrected chi connectivity index (χ0v) is 12.3. The molecule has 0 saturated carbocycles. The molecule has 1 unspecified atom stereocenters. The number of ether oxygens (including phenoxy) is 2. The normalized spacial score (nSPS) is 17.5. The van der Waals surface area contributed by atoms with Crippen LogP contribution in [0.25, 0.3) is 0 Å². The van der Waals surface area contributed by atoms with Gasteiger partial charge in [0, 0.05) is 25.1 Å². The van der Waals surface area contributed by atoms with E-state index in [1.807, 2.05) is 6.92 Å². The Morgan fingerprint density at radius 3 is 2.71 bits per heavy atom. The third-order valence-electron chi connectivity index (χ3n) is 3.42. The molecule has 0 bridgehead atoms. The molecule has 0 spiro atoms. The minimum Gasteiger partial charge on any atom is -0.484 e. The number of rotatable bonds is 7. The van der Waals surface area contributed by atoms with Crippen molar-refractivity contribution in [2.24, 2.45) is 0 Å². The van der Waals surface area contributed by atoms with Gasteiger partial charge in [0.05, 0.1) is 6.10 Å². The van der Waals surface area contributed by atoms with Gasteiger partial charge in [-0.2, -0.15) is 0 Å². The molecule has 1 N–H and O–H groups in total. The fraction of sp³-hybridized carbons (Fsp3) is 0.500. The molecule has 1 amide bonds. The average Bonchev–Trinajstić information content (AvgIpc) is 3.04. The smallest absolute Gasteiger partial charge is 0.258 e. The molecule has 1 aliphatic heterocycles. The molecule has 0 aromatic heterocycles. The molecule has 1 aromatic rings. The van der Waals surface area contributed by atoms with Crippen LogP contribution in [-0.2, 0) is 9.53 Å². The van der Waals surface area contributed by atoms with Gasteiger partial charge < -0.3 is 14.8 Å². The van der Waals surface area contributed by atoms with Gasteiger partial charge in [-0.1, -0.05) is 6.92 Å². The summed E-state index contributed by atoms with van der Waals surface area (Å²) in [5.41, 5.74) is 0.660. The molecular formula is C16H21NO4. The summed E-state index contributed by atoms with van der Waals surface area (Å²) in [6.45, 7) is 3.10. The summed E-state index contributed by atoms with van der Waals surface area (Å²) in [5.74, 6) is 0.505. The number of amides is 1. The van der Waals surface area contributed by atoms with E-state index < -0.39 is 0 Å². The lowest BCUT2D eigenvalue weighted by Gasteiger charge is -2.11. The lowest BCUT2D eigenvalue weighted by Crippen LogP contribution is -2.35. The third kappa shape index (κ3) is 4.86. The first-order chi connectivity index (χ1) is 10.2. The molecule has 1 aliphatic rings. The van der Waals surface area contributed by atoms with E-state index in [0.717, 1.165) is 19.4 Å². The minimum atomic E-state index is -0.167. The predicted octanol–water partition coefficient (Wildman–Crippen LogP) is 1.95. The van der Waals surface area contributed by atoms with Crippen LogP contribution in [0.3, 0.4) is 0 Å². The van der Waals surface area contributed by atoms with Gasteiger partial charge in [-0.05, 0) is 37.1 Å². The summed E-state index contributed by atoms with van der Waals surface area (Å²) in [4.78, 5) is 23.1. The predicted molar refractivity (Wildman–Crippen MR) is 78.5 cm³/mol. The van der Waals surface area contributed by atoms with E-state index in [1.165, 1.54) is 0 Å². The average molecular weight is 291 g/mol. The van der Waals surface area contributed by atoms with Crippen molar-refractivity contribution in [1.29, 1.82) is 0 Å². The van der Waals surface area contributed by atoms with Crippen molar-refractivity contribution in [3.63, 3.8) is 0 Å². The fourth-order valence-electron chi connectivity index (χ4n) is 2.17. The largest absolute Gasteiger partial charge is 0.484 e. The molecule has 1 aromatic carbocycles. The van der Waals surface area contributed by atoms with Gasteiger partial charge in [0.25, 0.3) is 5.91 Å². The first-order valence-corrected chi connectivity index (χ1v) is 7.33. The Morgan fingerprint density at radius 1 is 1.33 bits per heavy atom. The molecule has 21 heavy (non-hydrogen) atoms. The second-order valence-electron chi connectivity index (χ2n) is 5.03. The quantitative estimate of drug-likeness (QED) is 0.780. The van der Waals surface area contributed by atoms with Crippen LogP contribution in [0.15, 0.2) is 24.3 Å². The first kappa shape index (κ1) is 15.5. The van der Waals surface area contributed by atoms with Crippen LogP contribution in [0, 0.1) is 0 Å². The van der Waals surface area contributed by atoms with Gasteiger partial charge in [-0.25, -0.2) is 0 Å². The molecule has 1 fully saturated rings. The molecule has 1 saturated heterocycles. The number of ketones is 1. The number of hydrogen-bond acceptors (Lipinski definition) is 4. The molecule has 5 heteroatoms. The Hall–Kier alpha value is -1.88. The van der Waals surface area contributed by atoms with Gasteiger partial charge >= 0.3 is 0 Å². The standard InChI is InChI=1S/C16H21NO4/c1-2-15(18)12-5-7-13(8-6-12)21-11-16(19)17-10-14-4-3-9-20-14/h5-8,14H,2-4,9-11H2,1H3,(H,17,19). The van der Waals surface area contributed by atoms with Crippen molar-refractivity contribution in [1.82, 2.24) is 5.32 Å². The maximum Gasteiger partial charge on any atom is 0.258 e. The van der Waals surface area contributed by atoms with Crippen molar-refractivity contribution in [2.45, 2.75) is 32.3 Å². The van der Waals surface area contributed by atoms with E-state index >= 15 is 0 Å². The van der Waals surface area contributed by atoms with Gasteiger partial charge in [0.15, 0.2) is 12.4 Å². The summed E-state index contributed by atoms with van der Waals surface area (Å²) >= 11 is 0. The van der Waals surface area contributed by atoms with Crippen LogP contribution < -0.4 is 10.1 Å². The summed E-state index contributed by atoms with van der Waals surface area (Å²) in [7, 11) is 0. The van der Waals surface area contributed by atoms with Crippen LogP contribution in [0.2, 0.25) is 0 Å². The van der Waals surface area contributed by atoms with Crippen LogP contribution in [0.1, 0.15) is 36.5 Å². The second-order valence-corrected chi connectivity index (χ2v) is 5.03. The Labute approximate surface area is 124 Å². The summed E-state index contributed by atoms with van der Waals surface area (Å²) in [5, 5.41) is 2.79. The van der Waals surface area contributed by atoms with Crippen LogP contribution >= 0.6 is 0 Å². The third-order valence-corrected chi connectivity index (χ3v) is 3.42. The molecular weight excluding hydrogens is 270 g/mol. The van der Waals surface area contributed by atoms with E-state index in [-0.39, 0.29) is 24.4 Å². The highest BCUT2D eigenvalue weighted by atomic mass is 16.5. The van der Waals surface area contributed by atoms with E-state index in [0.29, 0.717) is 24.3 Å². The fourth-order valence-corrected chi connectivity index (χ4v) is 2.17. The molecule has 114 valence electrons. The van der Waals surface area contributed by atoms with Crippen molar-refractivity contribution in [3.8, 4) is 5.75 Å². The highest BCUT2D eigenvalue weighted by molar-refractivity contribution is 5.95. The number of nitrogens with one attached hydrogen (secondary N) is 1. The molecule has 1 heterocycles. The number of hydrogen-bond donors (Lipinski definition) is 1. The van der Waals surface area contributed by atoms with E-state index in [9.17, 15) is 9.59 Å². The molecule has 2 rings (SSSR count). The van der Waals surface area contributed by atoms with E-state index in [4.69, 9.17) is 9.47 Å². The number of carbonyl (C=O) groups excluding carboxylic acids is 2. The van der Waals surface area contributed by atoms with Crippen LogP contribution in [0.4, 0.5) is 0 Å². The van der Waals surface area contributed by atoms with Gasteiger partial charge in [-0.15, -0.1) is 0 Å². The molecule has 5 nitrogen and oxygen atoms in total.